The minimum absolute atomic E-state index is 0.135. The Morgan fingerprint density at radius 3 is 2.38 bits per heavy atom. The molecule has 0 radical (unpaired) electrons. The second-order valence-corrected chi connectivity index (χ2v) is 8.40. The molecule has 1 amide bonds. The number of carbonyl (C=O) groups excluding carboxylic acids is 1. The van der Waals surface area contributed by atoms with Crippen molar-refractivity contribution in [1.82, 2.24) is 5.32 Å². The molecule has 10 nitrogen and oxygen atoms in total. The van der Waals surface area contributed by atoms with Gasteiger partial charge in [0, 0.05) is 24.4 Å². The number of aliphatic hydroxyl groups excluding tert-OH is 1. The summed E-state index contributed by atoms with van der Waals surface area (Å²) in [6, 6.07) is 12.7. The molecule has 1 aliphatic heterocycles. The molecule has 0 bridgehead atoms. The number of aliphatic hydroxyl groups is 1. The maximum atomic E-state index is 15.0. The van der Waals surface area contributed by atoms with Crippen LogP contribution in [0.3, 0.4) is 0 Å². The van der Waals surface area contributed by atoms with E-state index in [9.17, 15) is 33.6 Å². The van der Waals surface area contributed by atoms with Crippen molar-refractivity contribution in [3.63, 3.8) is 0 Å². The van der Waals surface area contributed by atoms with Gasteiger partial charge in [0.2, 0.25) is 11.8 Å². The number of benzene rings is 2. The number of amides is 1. The molecule has 0 saturated carbocycles. The molecule has 1 saturated heterocycles. The van der Waals surface area contributed by atoms with Gasteiger partial charge in [0.1, 0.15) is 5.69 Å². The molecular weight excluding hydrogens is 528 g/mol. The summed E-state index contributed by atoms with van der Waals surface area (Å²) in [5, 5.41) is 25.4. The summed E-state index contributed by atoms with van der Waals surface area (Å²) in [6.45, 7) is -0.538. The van der Waals surface area contributed by atoms with Gasteiger partial charge in [0.15, 0.2) is 11.6 Å². The average Bonchev–Trinajstić information content (AvgIpc) is 3.17. The number of halogens is 4. The fourth-order valence-electron chi connectivity index (χ4n) is 3.87. The summed E-state index contributed by atoms with van der Waals surface area (Å²) in [5.41, 5.74) is -0.761. The van der Waals surface area contributed by atoms with Gasteiger partial charge in [-0.1, -0.05) is 12.1 Å². The first-order valence-electron chi connectivity index (χ1n) is 11.3. The minimum atomic E-state index is -3.23. The summed E-state index contributed by atoms with van der Waals surface area (Å²) < 4.78 is 59.9. The highest BCUT2D eigenvalue weighted by Gasteiger charge is 2.33. The van der Waals surface area contributed by atoms with Gasteiger partial charge < -0.3 is 25.4 Å². The number of carbonyl (C=O) groups is 1. The number of ether oxygens (including phenoxy) is 1. The first-order valence-corrected chi connectivity index (χ1v) is 11.3. The summed E-state index contributed by atoms with van der Waals surface area (Å²) >= 11 is 0. The average molecular weight is 548 g/mol. The van der Waals surface area contributed by atoms with Crippen LogP contribution in [0.25, 0.3) is 11.1 Å². The fraction of sp³-hybridized carbons (Fsp3) is 0.200. The Morgan fingerprint density at radius 2 is 1.77 bits per heavy atom. The van der Waals surface area contributed by atoms with Gasteiger partial charge >= 0.3 is 6.43 Å². The van der Waals surface area contributed by atoms with Crippen molar-refractivity contribution in [3.8, 4) is 11.1 Å². The smallest absolute Gasteiger partial charge is 0.315 e. The van der Waals surface area contributed by atoms with Crippen LogP contribution in [0.15, 0.2) is 65.5 Å². The molecule has 3 aromatic rings. The van der Waals surface area contributed by atoms with Crippen LogP contribution in [0.5, 0.6) is 0 Å². The van der Waals surface area contributed by atoms with Crippen LogP contribution in [0.2, 0.25) is 0 Å². The van der Waals surface area contributed by atoms with Gasteiger partial charge in [-0.25, -0.2) is 8.78 Å². The summed E-state index contributed by atoms with van der Waals surface area (Å²) in [4.78, 5) is 35.0. The van der Waals surface area contributed by atoms with Gasteiger partial charge in [-0.2, -0.15) is 8.78 Å². The lowest BCUT2D eigenvalue weighted by Gasteiger charge is -2.21. The predicted molar refractivity (Wildman–Crippen MR) is 132 cm³/mol. The minimum Gasteiger partial charge on any atom is -0.351 e. The number of nitro groups is 1. The van der Waals surface area contributed by atoms with Crippen molar-refractivity contribution in [2.24, 2.45) is 0 Å². The molecule has 0 aliphatic carbocycles. The van der Waals surface area contributed by atoms with Gasteiger partial charge in [0.25, 0.3) is 11.6 Å². The van der Waals surface area contributed by atoms with Gasteiger partial charge in [-0.05, 0) is 47.5 Å². The van der Waals surface area contributed by atoms with Crippen molar-refractivity contribution < 1.29 is 37.1 Å². The highest BCUT2D eigenvalue weighted by Crippen LogP contribution is 2.31. The Balaban J connectivity index is 1.56. The van der Waals surface area contributed by atoms with Crippen molar-refractivity contribution in [3.05, 3.63) is 92.6 Å². The number of nitro benzene ring substituents is 1. The largest absolute Gasteiger partial charge is 0.351 e. The van der Waals surface area contributed by atoms with E-state index in [2.05, 4.69) is 5.32 Å². The standard InChI is InChI=1S/C25H20F4N4O6/c26-18-9-16(32-12-17(39-25(32)36)11-30-24(35)23(28)29)10-19(27)22(18)31-20-8-14(2-1-3-21(20)34)13-4-6-15(7-5-13)33(37)38/h1-10,17,23,25,36H,11-12H2,(H,30,35)(H,31,34)/t17-,25?/m0/s1. The van der Waals surface area contributed by atoms with Crippen LogP contribution in [0, 0.1) is 21.7 Å². The number of nitrogens with zero attached hydrogens (tertiary/aromatic N) is 2. The van der Waals surface area contributed by atoms with Crippen molar-refractivity contribution in [1.29, 1.82) is 0 Å². The van der Waals surface area contributed by atoms with E-state index >= 15 is 8.78 Å². The second-order valence-electron chi connectivity index (χ2n) is 8.40. The van der Waals surface area contributed by atoms with E-state index in [-0.39, 0.29) is 30.2 Å². The van der Waals surface area contributed by atoms with E-state index < -0.39 is 52.5 Å². The summed E-state index contributed by atoms with van der Waals surface area (Å²) in [5.74, 6) is -3.76. The molecule has 204 valence electrons. The van der Waals surface area contributed by atoms with E-state index in [1.165, 1.54) is 42.5 Å². The van der Waals surface area contributed by atoms with Crippen LogP contribution in [-0.4, -0.2) is 48.0 Å². The first-order chi connectivity index (χ1) is 18.5. The zero-order valence-electron chi connectivity index (χ0n) is 19.8. The summed E-state index contributed by atoms with van der Waals surface area (Å²) in [6.07, 6.45) is -5.83. The number of nitrogens with one attached hydrogen (secondary N) is 2. The van der Waals surface area contributed by atoms with E-state index in [1.54, 1.807) is 6.07 Å². The highest BCUT2D eigenvalue weighted by atomic mass is 19.3. The summed E-state index contributed by atoms with van der Waals surface area (Å²) in [7, 11) is 0. The molecule has 14 heteroatoms. The lowest BCUT2D eigenvalue weighted by Crippen LogP contribution is -2.37. The lowest BCUT2D eigenvalue weighted by atomic mass is 10.1. The quantitative estimate of drug-likeness (QED) is 0.221. The molecule has 3 aromatic carbocycles. The zero-order valence-corrected chi connectivity index (χ0v) is 19.8. The third-order valence-corrected chi connectivity index (χ3v) is 5.80. The maximum Gasteiger partial charge on any atom is 0.315 e. The number of hydrogen-bond donors (Lipinski definition) is 3. The van der Waals surface area contributed by atoms with Crippen LogP contribution >= 0.6 is 0 Å². The Labute approximate surface area is 217 Å². The number of rotatable bonds is 8. The number of anilines is 3. The Hall–Kier alpha value is -4.56. The second kappa shape index (κ2) is 11.4. The van der Waals surface area contributed by atoms with Crippen LogP contribution in [-0.2, 0) is 9.53 Å². The Morgan fingerprint density at radius 1 is 1.10 bits per heavy atom. The Kier molecular flexibility index (Phi) is 8.07. The molecule has 4 rings (SSSR count). The number of alkyl halides is 2. The SMILES string of the molecule is O=C(NC[C@H]1CN(c2cc(F)c(Nc3cc(-c4ccc([N+](=O)[O-])cc4)cccc3=O)c(F)c2)C(O)O1)C(F)F. The lowest BCUT2D eigenvalue weighted by molar-refractivity contribution is -0.384. The number of hydrogen-bond acceptors (Lipinski definition) is 8. The topological polar surface area (TPSA) is 134 Å². The van der Waals surface area contributed by atoms with Crippen LogP contribution < -0.4 is 21.0 Å². The highest BCUT2D eigenvalue weighted by molar-refractivity contribution is 5.79. The molecule has 2 atom stereocenters. The van der Waals surface area contributed by atoms with Gasteiger partial charge in [-0.15, -0.1) is 0 Å². The van der Waals surface area contributed by atoms with Crippen LogP contribution in [0.1, 0.15) is 0 Å². The normalized spacial score (nSPS) is 16.8. The first kappa shape index (κ1) is 27.5. The molecule has 0 spiro atoms. The van der Waals surface area contributed by atoms with Crippen molar-refractivity contribution >= 4 is 28.7 Å². The Bertz CT molecular complexity index is 1430. The molecule has 1 heterocycles. The molecule has 1 unspecified atom stereocenters. The van der Waals surface area contributed by atoms with E-state index in [1.807, 2.05) is 5.32 Å². The molecule has 1 fully saturated rings. The van der Waals surface area contributed by atoms with Crippen LogP contribution in [0.4, 0.5) is 40.3 Å². The van der Waals surface area contributed by atoms with E-state index in [0.29, 0.717) is 11.1 Å². The third-order valence-electron chi connectivity index (χ3n) is 5.80. The molecule has 0 aromatic heterocycles. The van der Waals surface area contributed by atoms with E-state index in [4.69, 9.17) is 4.74 Å². The van der Waals surface area contributed by atoms with Crippen molar-refractivity contribution in [2.75, 3.05) is 23.3 Å². The molecular formula is C25H20F4N4O6. The van der Waals surface area contributed by atoms with Gasteiger partial charge in [0.05, 0.1) is 23.3 Å². The number of non-ortho nitro benzene ring substituents is 1. The monoisotopic (exact) mass is 548 g/mol. The molecule has 3 N–H and O–H groups in total. The zero-order chi connectivity index (χ0) is 28.3. The molecule has 39 heavy (non-hydrogen) atoms. The van der Waals surface area contributed by atoms with Gasteiger partial charge in [-0.3, -0.25) is 19.7 Å². The fourth-order valence-corrected chi connectivity index (χ4v) is 3.87. The van der Waals surface area contributed by atoms with E-state index in [0.717, 1.165) is 17.0 Å². The maximum absolute atomic E-state index is 15.0. The van der Waals surface area contributed by atoms with Crippen molar-refractivity contribution in [2.45, 2.75) is 18.9 Å². The molecule has 1 aliphatic rings. The predicted octanol–water partition coefficient (Wildman–Crippen LogP) is 3.51. The third kappa shape index (κ3) is 6.30.